The minimum absolute atomic E-state index is 0.729. The van der Waals surface area contributed by atoms with Crippen LogP contribution < -0.4 is 9.47 Å². The molecule has 0 fully saturated rings. The number of aryl methyl sites for hydroxylation is 1. The molecule has 4 aromatic rings. The van der Waals surface area contributed by atoms with Crippen LogP contribution >= 0.6 is 15.9 Å². The molecule has 38 heavy (non-hydrogen) atoms. The summed E-state index contributed by atoms with van der Waals surface area (Å²) in [5, 5.41) is 0. The number of imidazole rings is 1. The fourth-order valence-electron chi connectivity index (χ4n) is 4.35. The molecule has 5 nitrogen and oxygen atoms in total. The van der Waals surface area contributed by atoms with Crippen LogP contribution in [0.5, 0.6) is 17.2 Å². The highest BCUT2D eigenvalue weighted by Crippen LogP contribution is 2.27. The molecule has 6 heteroatoms. The fraction of sp³-hybridized carbons (Fsp3) is 0.344. The van der Waals surface area contributed by atoms with Crippen LogP contribution in [0.3, 0.4) is 0 Å². The lowest BCUT2D eigenvalue weighted by Gasteiger charge is -2.17. The summed E-state index contributed by atoms with van der Waals surface area (Å²) in [6, 6.07) is 24.3. The van der Waals surface area contributed by atoms with Crippen LogP contribution in [-0.2, 0) is 6.42 Å². The minimum Gasteiger partial charge on any atom is -0.494 e. The van der Waals surface area contributed by atoms with Gasteiger partial charge in [0.25, 0.3) is 0 Å². The summed E-state index contributed by atoms with van der Waals surface area (Å²) < 4.78 is 15.2. The lowest BCUT2D eigenvalue weighted by atomic mass is 10.1. The van der Waals surface area contributed by atoms with E-state index in [1.54, 1.807) is 0 Å². The highest BCUT2D eigenvalue weighted by molar-refractivity contribution is 9.10. The molecule has 0 N–H and O–H groups in total. The van der Waals surface area contributed by atoms with E-state index in [1.807, 2.05) is 48.5 Å². The monoisotopic (exact) mass is 575 g/mol. The first-order valence-electron chi connectivity index (χ1n) is 13.7. The normalized spacial score (nSPS) is 11.2. The zero-order valence-corrected chi connectivity index (χ0v) is 24.3. The third kappa shape index (κ3) is 7.71. The van der Waals surface area contributed by atoms with Gasteiger partial charge in [-0.1, -0.05) is 43.1 Å². The molecule has 0 atom stereocenters. The second kappa shape index (κ2) is 14.2. The molecule has 4 rings (SSSR count). The summed E-state index contributed by atoms with van der Waals surface area (Å²) in [7, 11) is 0. The van der Waals surface area contributed by atoms with E-state index in [2.05, 4.69) is 76.6 Å². The van der Waals surface area contributed by atoms with E-state index in [4.69, 9.17) is 14.5 Å². The Labute approximate surface area is 235 Å². The molecule has 0 bridgehead atoms. The van der Waals surface area contributed by atoms with Crippen molar-refractivity contribution in [1.29, 1.82) is 0 Å². The summed E-state index contributed by atoms with van der Waals surface area (Å²) in [5.74, 6) is 3.59. The van der Waals surface area contributed by atoms with Crippen LogP contribution in [0.2, 0.25) is 0 Å². The largest absolute Gasteiger partial charge is 0.494 e. The van der Waals surface area contributed by atoms with Gasteiger partial charge in [-0.2, -0.15) is 0 Å². The average Bonchev–Trinajstić information content (AvgIpc) is 3.38. The van der Waals surface area contributed by atoms with Gasteiger partial charge >= 0.3 is 0 Å². The number of benzene rings is 3. The number of hydrogen-bond donors (Lipinski definition) is 0. The van der Waals surface area contributed by atoms with E-state index in [-0.39, 0.29) is 0 Å². The standard InChI is InChI=1S/C32H38BrN3O2/c1-4-7-9-32-34-31(25-10-16-28(17-11-25)37-23-8-22-35(5-2)6-3)24-36(32)27-14-20-30(21-15-27)38-29-18-12-26(33)13-19-29/h10-21,24H,4-9,22-23H2,1-3H3. The summed E-state index contributed by atoms with van der Waals surface area (Å²) >= 11 is 3.46. The van der Waals surface area contributed by atoms with Crippen LogP contribution in [0.1, 0.15) is 45.9 Å². The van der Waals surface area contributed by atoms with Crippen molar-refractivity contribution >= 4 is 15.9 Å². The van der Waals surface area contributed by atoms with E-state index in [0.29, 0.717) is 0 Å². The summed E-state index contributed by atoms with van der Waals surface area (Å²) in [5.41, 5.74) is 3.14. The zero-order chi connectivity index (χ0) is 26.7. The van der Waals surface area contributed by atoms with E-state index in [0.717, 1.165) is 96.4 Å². The van der Waals surface area contributed by atoms with Gasteiger partial charge in [-0.05, 0) is 98.7 Å². The lowest BCUT2D eigenvalue weighted by Crippen LogP contribution is -2.25. The maximum Gasteiger partial charge on any atom is 0.127 e. The predicted molar refractivity (Wildman–Crippen MR) is 160 cm³/mol. The van der Waals surface area contributed by atoms with Crippen molar-refractivity contribution in [2.75, 3.05) is 26.2 Å². The topological polar surface area (TPSA) is 39.5 Å². The molecule has 0 amide bonds. The van der Waals surface area contributed by atoms with Crippen molar-refractivity contribution in [3.8, 4) is 34.2 Å². The van der Waals surface area contributed by atoms with E-state index >= 15 is 0 Å². The molecule has 0 spiro atoms. The molecular weight excluding hydrogens is 538 g/mol. The Hall–Kier alpha value is -3.09. The number of ether oxygens (including phenoxy) is 2. The van der Waals surface area contributed by atoms with Gasteiger partial charge in [0.05, 0.1) is 12.3 Å². The molecule has 0 saturated heterocycles. The Kier molecular flexibility index (Phi) is 10.4. The first kappa shape index (κ1) is 27.9. The Morgan fingerprint density at radius 2 is 1.42 bits per heavy atom. The predicted octanol–water partition coefficient (Wildman–Crippen LogP) is 8.55. The fourth-order valence-corrected chi connectivity index (χ4v) is 4.61. The van der Waals surface area contributed by atoms with Gasteiger partial charge in [0.2, 0.25) is 0 Å². The maximum atomic E-state index is 6.00. The van der Waals surface area contributed by atoms with Crippen LogP contribution in [0.15, 0.2) is 83.5 Å². The van der Waals surface area contributed by atoms with Gasteiger partial charge in [0, 0.05) is 34.9 Å². The van der Waals surface area contributed by atoms with Crippen molar-refractivity contribution in [1.82, 2.24) is 14.5 Å². The van der Waals surface area contributed by atoms with Gasteiger partial charge in [-0.15, -0.1) is 0 Å². The molecule has 1 aromatic heterocycles. The van der Waals surface area contributed by atoms with E-state index in [1.165, 1.54) is 0 Å². The van der Waals surface area contributed by atoms with Gasteiger partial charge in [0.15, 0.2) is 0 Å². The Morgan fingerprint density at radius 1 is 0.789 bits per heavy atom. The van der Waals surface area contributed by atoms with Crippen molar-refractivity contribution in [2.45, 2.75) is 46.5 Å². The number of halogens is 1. The van der Waals surface area contributed by atoms with Crippen molar-refractivity contribution in [3.05, 3.63) is 89.3 Å². The third-order valence-corrected chi connectivity index (χ3v) is 7.16. The highest BCUT2D eigenvalue weighted by Gasteiger charge is 2.12. The van der Waals surface area contributed by atoms with E-state index < -0.39 is 0 Å². The van der Waals surface area contributed by atoms with Crippen LogP contribution in [0.4, 0.5) is 0 Å². The van der Waals surface area contributed by atoms with Crippen LogP contribution in [0, 0.1) is 0 Å². The zero-order valence-electron chi connectivity index (χ0n) is 22.7. The Bertz CT molecular complexity index is 1250. The molecular formula is C32H38BrN3O2. The molecule has 0 unspecified atom stereocenters. The molecule has 0 aliphatic carbocycles. The number of aromatic nitrogens is 2. The quantitative estimate of drug-likeness (QED) is 0.141. The average molecular weight is 577 g/mol. The van der Waals surface area contributed by atoms with Gasteiger partial charge < -0.3 is 18.9 Å². The van der Waals surface area contributed by atoms with Crippen molar-refractivity contribution < 1.29 is 9.47 Å². The molecule has 3 aromatic carbocycles. The molecule has 200 valence electrons. The van der Waals surface area contributed by atoms with Gasteiger partial charge in [-0.25, -0.2) is 4.98 Å². The second-order valence-corrected chi connectivity index (χ2v) is 10.2. The molecule has 1 heterocycles. The molecule has 0 aliphatic heterocycles. The van der Waals surface area contributed by atoms with Gasteiger partial charge in [-0.3, -0.25) is 0 Å². The van der Waals surface area contributed by atoms with Crippen LogP contribution in [-0.4, -0.2) is 40.7 Å². The maximum absolute atomic E-state index is 6.00. The molecule has 0 aliphatic rings. The second-order valence-electron chi connectivity index (χ2n) is 9.32. The highest BCUT2D eigenvalue weighted by atomic mass is 79.9. The summed E-state index contributed by atoms with van der Waals surface area (Å²) in [6.07, 6.45) is 6.32. The van der Waals surface area contributed by atoms with Crippen LogP contribution in [0.25, 0.3) is 16.9 Å². The Balaban J connectivity index is 1.45. The summed E-state index contributed by atoms with van der Waals surface area (Å²) in [6.45, 7) is 10.6. The number of hydrogen-bond acceptors (Lipinski definition) is 4. The van der Waals surface area contributed by atoms with Crippen molar-refractivity contribution in [3.63, 3.8) is 0 Å². The SMILES string of the molecule is CCCCc1nc(-c2ccc(OCCCN(CC)CC)cc2)cn1-c1ccc(Oc2ccc(Br)cc2)cc1. The Morgan fingerprint density at radius 3 is 2.05 bits per heavy atom. The van der Waals surface area contributed by atoms with E-state index in [9.17, 15) is 0 Å². The molecule has 0 saturated carbocycles. The minimum atomic E-state index is 0.729. The lowest BCUT2D eigenvalue weighted by molar-refractivity contribution is 0.249. The molecule has 0 radical (unpaired) electrons. The first-order valence-corrected chi connectivity index (χ1v) is 14.5. The summed E-state index contributed by atoms with van der Waals surface area (Å²) in [4.78, 5) is 7.44. The van der Waals surface area contributed by atoms with Gasteiger partial charge in [0.1, 0.15) is 23.1 Å². The smallest absolute Gasteiger partial charge is 0.127 e. The third-order valence-electron chi connectivity index (χ3n) is 6.63. The number of unbranched alkanes of at least 4 members (excludes halogenated alkanes) is 1. The first-order chi connectivity index (χ1) is 18.6. The number of rotatable bonds is 14. The number of nitrogens with zero attached hydrogens (tertiary/aromatic N) is 3. The van der Waals surface area contributed by atoms with Crippen molar-refractivity contribution in [2.24, 2.45) is 0 Å².